The van der Waals surface area contributed by atoms with Crippen molar-refractivity contribution in [2.75, 3.05) is 0 Å². The molecule has 0 bridgehead atoms. The summed E-state index contributed by atoms with van der Waals surface area (Å²) in [7, 11) is 0. The zero-order valence-electron chi connectivity index (χ0n) is 10.1. The average molecular weight is 336 g/mol. The molecular weight excluding hydrogens is 326 g/mol. The molecule has 0 saturated carbocycles. The van der Waals surface area contributed by atoms with E-state index in [4.69, 9.17) is 0 Å². The lowest BCUT2D eigenvalue weighted by Gasteiger charge is -2.06. The lowest BCUT2D eigenvalue weighted by molar-refractivity contribution is 0.631. The van der Waals surface area contributed by atoms with Crippen LogP contribution in [-0.2, 0) is 6.54 Å². The number of nitrogens with zero attached hydrogens (tertiary/aromatic N) is 3. The van der Waals surface area contributed by atoms with E-state index in [0.29, 0.717) is 16.5 Å². The fourth-order valence-corrected chi connectivity index (χ4v) is 3.08. The molecule has 2 aromatic heterocycles. The standard InChI is InChI=1S/C13H10BrN3OS/c1-8-15-9(7-19-8)6-17-13(18)11-5-3-2-4-10(11)12(14)16-17/h2-5,7H,6H2,1H3. The zero-order valence-corrected chi connectivity index (χ0v) is 12.5. The first-order valence-electron chi connectivity index (χ1n) is 5.71. The van der Waals surface area contributed by atoms with Gasteiger partial charge in [-0.05, 0) is 28.9 Å². The Balaban J connectivity index is 2.14. The van der Waals surface area contributed by atoms with Crippen LogP contribution in [0.2, 0.25) is 0 Å². The summed E-state index contributed by atoms with van der Waals surface area (Å²) >= 11 is 4.98. The van der Waals surface area contributed by atoms with Gasteiger partial charge in [-0.3, -0.25) is 4.79 Å². The number of halogens is 1. The highest BCUT2D eigenvalue weighted by Crippen LogP contribution is 2.18. The second-order valence-electron chi connectivity index (χ2n) is 4.16. The first kappa shape index (κ1) is 12.5. The average Bonchev–Trinajstić information content (AvgIpc) is 2.81. The van der Waals surface area contributed by atoms with Crippen LogP contribution in [0.1, 0.15) is 10.7 Å². The number of benzene rings is 1. The van der Waals surface area contributed by atoms with Crippen molar-refractivity contribution in [3.8, 4) is 0 Å². The van der Waals surface area contributed by atoms with E-state index in [-0.39, 0.29) is 5.56 Å². The van der Waals surface area contributed by atoms with Crippen LogP contribution in [0.4, 0.5) is 0 Å². The van der Waals surface area contributed by atoms with Crippen LogP contribution in [-0.4, -0.2) is 14.8 Å². The van der Waals surface area contributed by atoms with Gasteiger partial charge in [-0.15, -0.1) is 11.3 Å². The van der Waals surface area contributed by atoms with Gasteiger partial charge in [0.15, 0.2) is 0 Å². The first-order chi connectivity index (χ1) is 9.15. The van der Waals surface area contributed by atoms with E-state index in [0.717, 1.165) is 16.1 Å². The fourth-order valence-electron chi connectivity index (χ4n) is 1.94. The third-order valence-corrected chi connectivity index (χ3v) is 4.21. The number of rotatable bonds is 2. The summed E-state index contributed by atoms with van der Waals surface area (Å²) in [5.41, 5.74) is 0.767. The van der Waals surface area contributed by atoms with E-state index in [9.17, 15) is 4.79 Å². The predicted octanol–water partition coefficient (Wildman–Crippen LogP) is 2.97. The Labute approximate surface area is 121 Å². The lowest BCUT2D eigenvalue weighted by Crippen LogP contribution is -2.24. The van der Waals surface area contributed by atoms with Gasteiger partial charge in [-0.1, -0.05) is 18.2 Å². The summed E-state index contributed by atoms with van der Waals surface area (Å²) in [4.78, 5) is 16.7. The SMILES string of the molecule is Cc1nc(Cn2nc(Br)c3ccccc3c2=O)cs1. The lowest BCUT2D eigenvalue weighted by atomic mass is 10.2. The van der Waals surface area contributed by atoms with Crippen LogP contribution < -0.4 is 5.56 Å². The van der Waals surface area contributed by atoms with Crippen molar-refractivity contribution < 1.29 is 0 Å². The second-order valence-corrected chi connectivity index (χ2v) is 5.97. The van der Waals surface area contributed by atoms with E-state index in [2.05, 4.69) is 26.0 Å². The van der Waals surface area contributed by atoms with E-state index in [1.807, 2.05) is 36.6 Å². The highest BCUT2D eigenvalue weighted by molar-refractivity contribution is 9.10. The van der Waals surface area contributed by atoms with Crippen LogP contribution in [0.5, 0.6) is 0 Å². The Hall–Kier alpha value is -1.53. The maximum atomic E-state index is 12.3. The highest BCUT2D eigenvalue weighted by Gasteiger charge is 2.09. The maximum absolute atomic E-state index is 12.3. The molecule has 1 aromatic carbocycles. The Morgan fingerprint density at radius 2 is 2.05 bits per heavy atom. The molecule has 4 nitrogen and oxygen atoms in total. The highest BCUT2D eigenvalue weighted by atomic mass is 79.9. The molecule has 0 atom stereocenters. The van der Waals surface area contributed by atoms with Crippen molar-refractivity contribution in [1.82, 2.24) is 14.8 Å². The molecule has 2 heterocycles. The number of thiazole rings is 1. The quantitative estimate of drug-likeness (QED) is 0.723. The molecule has 0 unspecified atom stereocenters. The normalized spacial score (nSPS) is 11.1. The van der Waals surface area contributed by atoms with Crippen molar-refractivity contribution in [2.45, 2.75) is 13.5 Å². The molecule has 96 valence electrons. The van der Waals surface area contributed by atoms with Crippen molar-refractivity contribution in [3.63, 3.8) is 0 Å². The number of hydrogen-bond acceptors (Lipinski definition) is 4. The summed E-state index contributed by atoms with van der Waals surface area (Å²) in [5.74, 6) is 0. The van der Waals surface area contributed by atoms with Gasteiger partial charge in [0.05, 0.1) is 22.6 Å². The minimum Gasteiger partial charge on any atom is -0.267 e. The predicted molar refractivity (Wildman–Crippen MR) is 79.7 cm³/mol. The number of hydrogen-bond donors (Lipinski definition) is 0. The first-order valence-corrected chi connectivity index (χ1v) is 7.39. The van der Waals surface area contributed by atoms with Gasteiger partial charge in [0, 0.05) is 10.8 Å². The fraction of sp³-hybridized carbons (Fsp3) is 0.154. The summed E-state index contributed by atoms with van der Waals surface area (Å²) in [6.07, 6.45) is 0. The summed E-state index contributed by atoms with van der Waals surface area (Å²) in [5, 5.41) is 8.73. The smallest absolute Gasteiger partial charge is 0.267 e. The van der Waals surface area contributed by atoms with Crippen LogP contribution in [0.15, 0.2) is 39.0 Å². The van der Waals surface area contributed by atoms with Gasteiger partial charge in [0.25, 0.3) is 5.56 Å². The molecule has 0 aliphatic heterocycles. The van der Waals surface area contributed by atoms with E-state index in [1.165, 1.54) is 4.68 Å². The molecule has 0 saturated heterocycles. The van der Waals surface area contributed by atoms with E-state index < -0.39 is 0 Å². The third kappa shape index (κ3) is 2.33. The van der Waals surface area contributed by atoms with Crippen molar-refractivity contribution in [3.05, 3.63) is 55.3 Å². The van der Waals surface area contributed by atoms with Crippen LogP contribution in [0, 0.1) is 6.92 Å². The molecule has 0 aliphatic rings. The minimum atomic E-state index is -0.0931. The number of aromatic nitrogens is 3. The summed E-state index contributed by atoms with van der Waals surface area (Å²) in [6.45, 7) is 2.34. The summed E-state index contributed by atoms with van der Waals surface area (Å²) in [6, 6.07) is 7.44. The zero-order chi connectivity index (χ0) is 13.4. The third-order valence-electron chi connectivity index (χ3n) is 2.80. The molecule has 0 fully saturated rings. The van der Waals surface area contributed by atoms with Crippen LogP contribution in [0.3, 0.4) is 0 Å². The Bertz CT molecular complexity index is 809. The van der Waals surface area contributed by atoms with Gasteiger partial charge >= 0.3 is 0 Å². The number of fused-ring (bicyclic) bond motifs is 1. The van der Waals surface area contributed by atoms with Crippen LogP contribution >= 0.6 is 27.3 Å². The van der Waals surface area contributed by atoms with Gasteiger partial charge in [-0.25, -0.2) is 9.67 Å². The topological polar surface area (TPSA) is 47.8 Å². The molecule has 6 heteroatoms. The van der Waals surface area contributed by atoms with Gasteiger partial charge in [-0.2, -0.15) is 5.10 Å². The molecule has 0 N–H and O–H groups in total. The Morgan fingerprint density at radius 1 is 1.32 bits per heavy atom. The second kappa shape index (κ2) is 4.86. The van der Waals surface area contributed by atoms with Crippen molar-refractivity contribution in [2.24, 2.45) is 0 Å². The molecule has 0 amide bonds. The molecule has 0 spiro atoms. The molecule has 3 rings (SSSR count). The maximum Gasteiger partial charge on any atom is 0.275 e. The summed E-state index contributed by atoms with van der Waals surface area (Å²) < 4.78 is 2.12. The molecule has 0 aliphatic carbocycles. The molecule has 3 aromatic rings. The minimum absolute atomic E-state index is 0.0931. The molecule has 19 heavy (non-hydrogen) atoms. The Morgan fingerprint density at radius 3 is 2.74 bits per heavy atom. The largest absolute Gasteiger partial charge is 0.275 e. The number of aryl methyl sites for hydroxylation is 1. The van der Waals surface area contributed by atoms with Crippen molar-refractivity contribution in [1.29, 1.82) is 0 Å². The van der Waals surface area contributed by atoms with Crippen molar-refractivity contribution >= 4 is 38.0 Å². The van der Waals surface area contributed by atoms with E-state index >= 15 is 0 Å². The Kier molecular flexibility index (Phi) is 3.20. The van der Waals surface area contributed by atoms with Gasteiger partial charge < -0.3 is 0 Å². The molecule has 0 radical (unpaired) electrons. The monoisotopic (exact) mass is 335 g/mol. The molecular formula is C13H10BrN3OS. The van der Waals surface area contributed by atoms with Crippen LogP contribution in [0.25, 0.3) is 10.8 Å². The van der Waals surface area contributed by atoms with E-state index in [1.54, 1.807) is 11.3 Å². The van der Waals surface area contributed by atoms with Gasteiger partial charge in [0.2, 0.25) is 0 Å². The van der Waals surface area contributed by atoms with Gasteiger partial charge in [0.1, 0.15) is 4.60 Å².